The van der Waals surface area contributed by atoms with Crippen molar-refractivity contribution in [3.8, 4) is 0 Å². The van der Waals surface area contributed by atoms with Crippen molar-refractivity contribution in [2.75, 3.05) is 0 Å². The lowest BCUT2D eigenvalue weighted by molar-refractivity contribution is -0.385. The summed E-state index contributed by atoms with van der Waals surface area (Å²) in [5, 5.41) is 12.0. The lowest BCUT2D eigenvalue weighted by atomic mass is 9.77. The summed E-state index contributed by atoms with van der Waals surface area (Å²) >= 11 is 0. The van der Waals surface area contributed by atoms with Gasteiger partial charge in [0.25, 0.3) is 15.7 Å². The normalized spacial score (nSPS) is 13.7. The molecule has 0 amide bonds. The molecule has 0 heterocycles. The van der Waals surface area contributed by atoms with Crippen molar-refractivity contribution in [1.82, 2.24) is 0 Å². The maximum atomic E-state index is 13.5. The van der Waals surface area contributed by atoms with Crippen LogP contribution in [0.5, 0.6) is 0 Å². The van der Waals surface area contributed by atoms with E-state index in [4.69, 9.17) is 5.73 Å². The fraction of sp³-hybridized carbons (Fsp3) is 0.107. The van der Waals surface area contributed by atoms with Gasteiger partial charge in [-0.3, -0.25) is 10.1 Å². The Balaban J connectivity index is 2.03. The van der Waals surface area contributed by atoms with E-state index in [1.54, 1.807) is 60.7 Å². The molecule has 0 saturated carbocycles. The minimum absolute atomic E-state index is 0.0108. The molecular formula is C28H25N3O4S. The Bertz CT molecular complexity index is 1500. The molecule has 0 aromatic heterocycles. The first-order valence-corrected chi connectivity index (χ1v) is 12.7. The van der Waals surface area contributed by atoms with Gasteiger partial charge in [-0.2, -0.15) is 12.8 Å². The molecular weight excluding hydrogens is 474 g/mol. The summed E-state index contributed by atoms with van der Waals surface area (Å²) in [5.41, 5.74) is 7.51. The van der Waals surface area contributed by atoms with E-state index >= 15 is 0 Å². The Morgan fingerprint density at radius 3 is 2.03 bits per heavy atom. The van der Waals surface area contributed by atoms with E-state index in [1.165, 1.54) is 18.2 Å². The Labute approximate surface area is 210 Å². The topological polar surface area (TPSA) is 116 Å². The molecule has 4 aromatic rings. The highest BCUT2D eigenvalue weighted by molar-refractivity contribution is 7.90. The minimum Gasteiger partial charge on any atom is -0.313 e. The van der Waals surface area contributed by atoms with Gasteiger partial charge in [0.2, 0.25) is 0 Å². The van der Waals surface area contributed by atoms with Crippen LogP contribution < -0.4 is 5.73 Å². The molecule has 0 saturated heterocycles. The molecule has 0 aliphatic heterocycles. The summed E-state index contributed by atoms with van der Waals surface area (Å²) in [6, 6.07) is 30.3. The second-order valence-electron chi connectivity index (χ2n) is 8.44. The third kappa shape index (κ3) is 5.10. The number of nitrogens with zero attached hydrogens (tertiary/aromatic N) is 2. The first-order valence-electron chi connectivity index (χ1n) is 11.2. The first-order chi connectivity index (χ1) is 17.2. The predicted molar refractivity (Wildman–Crippen MR) is 140 cm³/mol. The molecule has 8 heteroatoms. The van der Waals surface area contributed by atoms with E-state index in [1.807, 2.05) is 37.3 Å². The van der Waals surface area contributed by atoms with Gasteiger partial charge < -0.3 is 5.73 Å². The number of para-hydroxylation sites is 1. The molecule has 36 heavy (non-hydrogen) atoms. The lowest BCUT2D eigenvalue weighted by Gasteiger charge is -2.32. The Kier molecular flexibility index (Phi) is 7.10. The van der Waals surface area contributed by atoms with Crippen LogP contribution in [0.1, 0.15) is 22.3 Å². The van der Waals surface area contributed by atoms with Gasteiger partial charge in [-0.1, -0.05) is 90.5 Å². The van der Waals surface area contributed by atoms with E-state index in [9.17, 15) is 18.5 Å². The molecule has 1 atom stereocenters. The van der Waals surface area contributed by atoms with Crippen LogP contribution in [0.15, 0.2) is 118 Å². The second kappa shape index (κ2) is 10.2. The van der Waals surface area contributed by atoms with E-state index in [-0.39, 0.29) is 28.3 Å². The molecule has 0 fully saturated rings. The van der Waals surface area contributed by atoms with Crippen LogP contribution >= 0.6 is 0 Å². The molecule has 0 aliphatic rings. The van der Waals surface area contributed by atoms with Gasteiger partial charge in [0.15, 0.2) is 0 Å². The number of hydrogen-bond donors (Lipinski definition) is 1. The highest BCUT2D eigenvalue weighted by Crippen LogP contribution is 2.36. The summed E-state index contributed by atoms with van der Waals surface area (Å²) in [6.45, 7) is 1.86. The van der Waals surface area contributed by atoms with Crippen molar-refractivity contribution in [3.63, 3.8) is 0 Å². The number of nitrogens with two attached hydrogens (primary N) is 1. The minimum atomic E-state index is -4.19. The van der Waals surface area contributed by atoms with E-state index in [2.05, 4.69) is 4.40 Å². The largest absolute Gasteiger partial charge is 0.313 e. The molecule has 4 rings (SSSR count). The second-order valence-corrected chi connectivity index (χ2v) is 10.0. The molecule has 0 bridgehead atoms. The number of rotatable bonds is 8. The number of nitro groups is 1. The van der Waals surface area contributed by atoms with Crippen LogP contribution in [0.25, 0.3) is 0 Å². The van der Waals surface area contributed by atoms with Gasteiger partial charge in [-0.05, 0) is 36.2 Å². The highest BCUT2D eigenvalue weighted by atomic mass is 32.2. The predicted octanol–water partition coefficient (Wildman–Crippen LogP) is 5.18. The monoisotopic (exact) mass is 499 g/mol. The summed E-state index contributed by atoms with van der Waals surface area (Å²) in [6.07, 6.45) is 0.0589. The fourth-order valence-corrected chi connectivity index (χ4v) is 5.17. The molecule has 182 valence electrons. The summed E-state index contributed by atoms with van der Waals surface area (Å²) in [5.74, 6) is 0. The molecule has 4 aromatic carbocycles. The summed E-state index contributed by atoms with van der Waals surface area (Å²) in [4.78, 5) is 11.5. The van der Waals surface area contributed by atoms with Gasteiger partial charge in [-0.15, -0.1) is 0 Å². The fourth-order valence-electron chi connectivity index (χ4n) is 4.09. The van der Waals surface area contributed by atoms with Gasteiger partial charge in [0.1, 0.15) is 5.54 Å². The third-order valence-electron chi connectivity index (χ3n) is 5.97. The van der Waals surface area contributed by atoms with Gasteiger partial charge in [0.05, 0.1) is 21.1 Å². The van der Waals surface area contributed by atoms with Crippen LogP contribution in [0.2, 0.25) is 0 Å². The van der Waals surface area contributed by atoms with E-state index < -0.39 is 20.5 Å². The lowest BCUT2D eigenvalue weighted by Crippen LogP contribution is -2.47. The average Bonchev–Trinajstić information content (AvgIpc) is 2.89. The SMILES string of the molecule is Cc1ccc(S(=O)(=O)N=C(Cc2ccccc2)C(N)(c2ccccc2)c2ccccc2[N+](=O)[O-])cc1. The van der Waals surface area contributed by atoms with Crippen molar-refractivity contribution in [3.05, 3.63) is 142 Å². The average molecular weight is 500 g/mol. The smallest absolute Gasteiger partial charge is 0.282 e. The quantitative estimate of drug-likeness (QED) is 0.204. The van der Waals surface area contributed by atoms with Crippen LogP contribution in [0.3, 0.4) is 0 Å². The van der Waals surface area contributed by atoms with Crippen molar-refractivity contribution in [2.45, 2.75) is 23.8 Å². The maximum Gasteiger partial charge on any atom is 0.282 e. The molecule has 1 unspecified atom stereocenters. The molecule has 7 nitrogen and oxygen atoms in total. The Morgan fingerprint density at radius 2 is 1.42 bits per heavy atom. The summed E-state index contributed by atoms with van der Waals surface area (Å²) < 4.78 is 31.3. The van der Waals surface area contributed by atoms with E-state index in [0.29, 0.717) is 5.56 Å². The van der Waals surface area contributed by atoms with Crippen molar-refractivity contribution in [2.24, 2.45) is 10.1 Å². The molecule has 0 spiro atoms. The van der Waals surface area contributed by atoms with Gasteiger partial charge in [-0.25, -0.2) is 0 Å². The number of hydrogen-bond acceptors (Lipinski definition) is 5. The van der Waals surface area contributed by atoms with Crippen LogP contribution in [-0.2, 0) is 22.0 Å². The van der Waals surface area contributed by atoms with E-state index in [0.717, 1.165) is 11.1 Å². The van der Waals surface area contributed by atoms with Crippen LogP contribution in [0, 0.1) is 17.0 Å². The molecule has 2 N–H and O–H groups in total. The van der Waals surface area contributed by atoms with Crippen LogP contribution in [0.4, 0.5) is 5.69 Å². The van der Waals surface area contributed by atoms with Crippen molar-refractivity contribution in [1.29, 1.82) is 0 Å². The molecule has 0 aliphatic carbocycles. The zero-order chi connectivity index (χ0) is 25.8. The number of aryl methyl sites for hydroxylation is 1. The van der Waals surface area contributed by atoms with Crippen LogP contribution in [-0.4, -0.2) is 19.1 Å². The Morgan fingerprint density at radius 1 is 0.861 bits per heavy atom. The highest BCUT2D eigenvalue weighted by Gasteiger charge is 2.41. The maximum absolute atomic E-state index is 13.5. The number of nitro benzene ring substituents is 1. The first kappa shape index (κ1) is 25.0. The number of benzene rings is 4. The zero-order valence-electron chi connectivity index (χ0n) is 19.6. The Hall–Kier alpha value is -4.14. The van der Waals surface area contributed by atoms with Gasteiger partial charge in [0, 0.05) is 12.5 Å². The van der Waals surface area contributed by atoms with Crippen molar-refractivity contribution >= 4 is 21.4 Å². The molecule has 0 radical (unpaired) electrons. The van der Waals surface area contributed by atoms with Gasteiger partial charge >= 0.3 is 0 Å². The standard InChI is InChI=1S/C28H25N3O4S/c1-21-16-18-24(19-17-21)36(34,35)30-27(20-22-10-4-2-5-11-22)28(29,23-12-6-3-7-13-23)25-14-8-9-15-26(25)31(32)33/h2-19H,20,29H2,1H3. The summed E-state index contributed by atoms with van der Waals surface area (Å²) in [7, 11) is -4.19. The zero-order valence-corrected chi connectivity index (χ0v) is 20.4. The number of sulfonamides is 1. The van der Waals surface area contributed by atoms with Crippen molar-refractivity contribution < 1.29 is 13.3 Å². The third-order valence-corrected chi connectivity index (χ3v) is 7.30.